The summed E-state index contributed by atoms with van der Waals surface area (Å²) in [4.78, 5) is 10.5. The lowest BCUT2D eigenvalue weighted by molar-refractivity contribution is 1.17. The first-order chi connectivity index (χ1) is 30.7. The van der Waals surface area contributed by atoms with Crippen LogP contribution in [-0.4, -0.2) is 19.1 Å². The summed E-state index contributed by atoms with van der Waals surface area (Å²) in [5, 5.41) is 4.95. The van der Waals surface area contributed by atoms with Crippen LogP contribution in [0.25, 0.3) is 111 Å². The van der Waals surface area contributed by atoms with Crippen LogP contribution in [-0.2, 0) is 0 Å². The van der Waals surface area contributed by atoms with Crippen molar-refractivity contribution in [3.8, 4) is 67.5 Å². The lowest BCUT2D eigenvalue weighted by atomic mass is 10.00. The van der Waals surface area contributed by atoms with Crippen LogP contribution in [0, 0.1) is 0 Å². The van der Waals surface area contributed by atoms with Gasteiger partial charge in [0, 0.05) is 49.6 Å². The second-order valence-corrected chi connectivity index (χ2v) is 15.8. The lowest BCUT2D eigenvalue weighted by Gasteiger charge is -2.13. The highest BCUT2D eigenvalue weighted by Gasteiger charge is 2.21. The van der Waals surface area contributed by atoms with Gasteiger partial charge >= 0.3 is 0 Å². The van der Waals surface area contributed by atoms with Gasteiger partial charge in [0.1, 0.15) is 0 Å². The van der Waals surface area contributed by atoms with Crippen LogP contribution in [0.4, 0.5) is 0 Å². The molecule has 3 heterocycles. The monoisotopic (exact) mass is 790 g/mol. The quantitative estimate of drug-likeness (QED) is 0.161. The van der Waals surface area contributed by atoms with Crippen molar-refractivity contribution in [1.29, 1.82) is 0 Å². The van der Waals surface area contributed by atoms with Gasteiger partial charge in [-0.1, -0.05) is 170 Å². The number of hydrogen-bond acceptors (Lipinski definition) is 2. The Balaban J connectivity index is 1.02. The molecule has 0 N–H and O–H groups in total. The molecule has 0 atom stereocenters. The van der Waals surface area contributed by atoms with Gasteiger partial charge in [0.25, 0.3) is 0 Å². The van der Waals surface area contributed by atoms with Gasteiger partial charge in [0.2, 0.25) is 0 Å². The molecule has 4 nitrogen and oxygen atoms in total. The maximum Gasteiger partial charge on any atom is 0.160 e. The van der Waals surface area contributed by atoms with E-state index in [2.05, 4.69) is 234 Å². The lowest BCUT2D eigenvalue weighted by Crippen LogP contribution is -1.97. The van der Waals surface area contributed by atoms with Crippen LogP contribution in [0.2, 0.25) is 0 Å². The van der Waals surface area contributed by atoms with E-state index in [-0.39, 0.29) is 0 Å². The van der Waals surface area contributed by atoms with Gasteiger partial charge in [-0.05, 0) is 82.9 Å². The van der Waals surface area contributed by atoms with Crippen LogP contribution >= 0.6 is 0 Å². The molecule has 0 unspecified atom stereocenters. The van der Waals surface area contributed by atoms with Gasteiger partial charge in [-0.2, -0.15) is 0 Å². The van der Waals surface area contributed by atoms with Gasteiger partial charge < -0.3 is 9.13 Å². The second kappa shape index (κ2) is 14.7. The average molecular weight is 791 g/mol. The molecule has 0 amide bonds. The third kappa shape index (κ3) is 6.00. The number of aromatic nitrogens is 4. The van der Waals surface area contributed by atoms with E-state index in [1.807, 2.05) is 6.07 Å². The number of rotatable bonds is 7. The maximum absolute atomic E-state index is 5.28. The summed E-state index contributed by atoms with van der Waals surface area (Å²) >= 11 is 0. The molecule has 290 valence electrons. The zero-order chi connectivity index (χ0) is 41.0. The van der Waals surface area contributed by atoms with E-state index in [0.29, 0.717) is 5.82 Å². The van der Waals surface area contributed by atoms with Crippen molar-refractivity contribution < 1.29 is 0 Å². The molecule has 0 spiro atoms. The Bertz CT molecular complexity index is 3500. The van der Waals surface area contributed by atoms with E-state index >= 15 is 0 Å². The molecule has 0 aliphatic heterocycles. The topological polar surface area (TPSA) is 35.6 Å². The largest absolute Gasteiger partial charge is 0.309 e. The number of nitrogens with zero attached hydrogens (tertiary/aromatic N) is 4. The van der Waals surface area contributed by atoms with E-state index in [9.17, 15) is 0 Å². The first-order valence-corrected chi connectivity index (χ1v) is 21.1. The Morgan fingerprint density at radius 1 is 0.274 bits per heavy atom. The van der Waals surface area contributed by atoms with Crippen molar-refractivity contribution >= 4 is 43.6 Å². The highest BCUT2D eigenvalue weighted by molar-refractivity contribution is 6.26. The third-order valence-corrected chi connectivity index (χ3v) is 12.1. The van der Waals surface area contributed by atoms with Crippen molar-refractivity contribution in [3.63, 3.8) is 0 Å². The molecule has 0 saturated carbocycles. The van der Waals surface area contributed by atoms with Gasteiger partial charge in [0.15, 0.2) is 5.82 Å². The van der Waals surface area contributed by atoms with E-state index in [1.54, 1.807) is 0 Å². The SMILES string of the molecule is c1ccc(-c2cccc(-c3cc(-c4ccc(-n5c6ccccc6c6c5ccc5c7ccccc7n(-c7ccccc7)c56)cc4)nc(-c4cccc(-c5ccccc5)c4)n3)c2)cc1. The first-order valence-electron chi connectivity index (χ1n) is 21.1. The van der Waals surface area contributed by atoms with Crippen molar-refractivity contribution in [1.82, 2.24) is 19.1 Å². The number of fused-ring (bicyclic) bond motifs is 7. The number of para-hydroxylation sites is 3. The van der Waals surface area contributed by atoms with Crippen LogP contribution in [0.5, 0.6) is 0 Å². The van der Waals surface area contributed by atoms with Gasteiger partial charge in [-0.3, -0.25) is 0 Å². The fourth-order valence-electron chi connectivity index (χ4n) is 9.24. The summed E-state index contributed by atoms with van der Waals surface area (Å²) in [5.74, 6) is 0.685. The Labute approximate surface area is 359 Å². The zero-order valence-corrected chi connectivity index (χ0v) is 33.7. The highest BCUT2D eigenvalue weighted by Crippen LogP contribution is 2.42. The third-order valence-electron chi connectivity index (χ3n) is 12.1. The molecule has 4 heteroatoms. The number of hydrogen-bond donors (Lipinski definition) is 0. The predicted molar refractivity (Wildman–Crippen MR) is 258 cm³/mol. The van der Waals surface area contributed by atoms with Crippen molar-refractivity contribution in [3.05, 3.63) is 231 Å². The Morgan fingerprint density at radius 3 is 1.45 bits per heavy atom. The molecular formula is C58H38N4. The zero-order valence-electron chi connectivity index (χ0n) is 33.7. The molecule has 12 rings (SSSR count). The van der Waals surface area contributed by atoms with E-state index < -0.39 is 0 Å². The molecule has 0 bridgehead atoms. The Hall–Kier alpha value is -8.34. The normalized spacial score (nSPS) is 11.5. The van der Waals surface area contributed by atoms with E-state index in [1.165, 1.54) is 38.1 Å². The molecule has 62 heavy (non-hydrogen) atoms. The molecular weight excluding hydrogens is 753 g/mol. The minimum absolute atomic E-state index is 0.685. The summed E-state index contributed by atoms with van der Waals surface area (Å²) in [6.45, 7) is 0. The van der Waals surface area contributed by atoms with Gasteiger partial charge in [0.05, 0.1) is 33.5 Å². The summed E-state index contributed by atoms with van der Waals surface area (Å²) in [5.41, 5.74) is 16.3. The molecule has 0 saturated heterocycles. The highest BCUT2D eigenvalue weighted by atomic mass is 15.0. The molecule has 3 aromatic heterocycles. The molecule has 0 radical (unpaired) electrons. The van der Waals surface area contributed by atoms with Crippen LogP contribution in [0.15, 0.2) is 231 Å². The molecule has 12 aromatic rings. The smallest absolute Gasteiger partial charge is 0.160 e. The Kier molecular flexibility index (Phi) is 8.46. The summed E-state index contributed by atoms with van der Waals surface area (Å²) < 4.78 is 4.84. The van der Waals surface area contributed by atoms with E-state index in [4.69, 9.17) is 9.97 Å². The average Bonchev–Trinajstić information content (AvgIpc) is 3.88. The number of benzene rings is 9. The fourth-order valence-corrected chi connectivity index (χ4v) is 9.24. The fraction of sp³-hybridized carbons (Fsp3) is 0. The van der Waals surface area contributed by atoms with Crippen molar-refractivity contribution in [2.45, 2.75) is 0 Å². The molecule has 0 aliphatic carbocycles. The van der Waals surface area contributed by atoms with Crippen LogP contribution < -0.4 is 0 Å². The van der Waals surface area contributed by atoms with Crippen molar-refractivity contribution in [2.75, 3.05) is 0 Å². The Morgan fingerprint density at radius 2 is 0.774 bits per heavy atom. The minimum atomic E-state index is 0.685. The maximum atomic E-state index is 5.28. The van der Waals surface area contributed by atoms with Crippen LogP contribution in [0.3, 0.4) is 0 Å². The molecule has 0 fully saturated rings. The summed E-state index contributed by atoms with van der Waals surface area (Å²) in [6, 6.07) is 82.0. The standard InChI is InChI=1S/C58H38N4/c1-4-16-39(17-5-1)42-20-14-22-44(36-42)52-38-51(59-58(60-52)45-23-15-21-43(37-45)40-18-6-2-7-19-40)41-30-32-47(33-31-41)61-54-29-13-11-27-50(54)56-55(61)35-34-49-48-26-10-12-28-53(48)62(57(49)56)46-24-8-3-9-25-46/h1-38H. The first kappa shape index (κ1) is 35.6. The van der Waals surface area contributed by atoms with E-state index in [0.717, 1.165) is 67.2 Å². The summed E-state index contributed by atoms with van der Waals surface area (Å²) in [6.07, 6.45) is 0. The van der Waals surface area contributed by atoms with Gasteiger partial charge in [-0.15, -0.1) is 0 Å². The van der Waals surface area contributed by atoms with Crippen LogP contribution in [0.1, 0.15) is 0 Å². The minimum Gasteiger partial charge on any atom is -0.309 e. The molecule has 9 aromatic carbocycles. The second-order valence-electron chi connectivity index (χ2n) is 15.8. The van der Waals surface area contributed by atoms with Gasteiger partial charge in [-0.25, -0.2) is 9.97 Å². The molecule has 0 aliphatic rings. The summed E-state index contributed by atoms with van der Waals surface area (Å²) in [7, 11) is 0. The van der Waals surface area contributed by atoms with Crippen molar-refractivity contribution in [2.24, 2.45) is 0 Å². The predicted octanol–water partition coefficient (Wildman–Crippen LogP) is 15.0.